The Hall–Kier alpha value is -2.86. The molecule has 2 atom stereocenters. The zero-order valence-corrected chi connectivity index (χ0v) is 15.6. The van der Waals surface area contributed by atoms with Gasteiger partial charge in [-0.1, -0.05) is 42.5 Å². The largest absolute Gasteiger partial charge is 0.497 e. The minimum Gasteiger partial charge on any atom is -0.497 e. The lowest BCUT2D eigenvalue weighted by Crippen LogP contribution is -2.39. The molecule has 144 valence electrons. The fourth-order valence-electron chi connectivity index (χ4n) is 2.69. The smallest absolute Gasteiger partial charge is 0.323 e. The Morgan fingerprint density at radius 1 is 1.00 bits per heavy atom. The summed E-state index contributed by atoms with van der Waals surface area (Å²) in [6, 6.07) is 15.4. The highest BCUT2D eigenvalue weighted by atomic mass is 16.5. The van der Waals surface area contributed by atoms with Gasteiger partial charge in [0.15, 0.2) is 0 Å². The van der Waals surface area contributed by atoms with Crippen LogP contribution in [0.1, 0.15) is 30.4 Å². The molecule has 27 heavy (non-hydrogen) atoms. The Morgan fingerprint density at radius 3 is 2.26 bits per heavy atom. The van der Waals surface area contributed by atoms with Gasteiger partial charge < -0.3 is 19.9 Å². The number of nitrogens with two attached hydrogens (primary N) is 1. The number of hydrogen-bond donors (Lipinski definition) is 1. The molecule has 0 saturated carbocycles. The summed E-state index contributed by atoms with van der Waals surface area (Å²) in [5, 5.41) is 0. The van der Waals surface area contributed by atoms with Gasteiger partial charge in [-0.15, -0.1) is 0 Å². The van der Waals surface area contributed by atoms with Crippen molar-refractivity contribution in [3.63, 3.8) is 0 Å². The fourth-order valence-corrected chi connectivity index (χ4v) is 2.69. The third-order valence-corrected chi connectivity index (χ3v) is 4.17. The quantitative estimate of drug-likeness (QED) is 0.682. The lowest BCUT2D eigenvalue weighted by molar-refractivity contribution is -0.148. The topological polar surface area (TPSA) is 87.9 Å². The molecule has 2 aromatic rings. The molecule has 0 heterocycles. The number of methoxy groups -OCH3 is 1. The van der Waals surface area contributed by atoms with Crippen LogP contribution in [-0.2, 0) is 25.7 Å². The summed E-state index contributed by atoms with van der Waals surface area (Å²) < 4.78 is 15.5. The molecule has 0 fully saturated rings. The predicted molar refractivity (Wildman–Crippen MR) is 101 cm³/mol. The second-order valence-electron chi connectivity index (χ2n) is 6.01. The van der Waals surface area contributed by atoms with Gasteiger partial charge in [0.1, 0.15) is 18.4 Å². The van der Waals surface area contributed by atoms with Gasteiger partial charge in [0.2, 0.25) is 0 Å². The molecule has 2 rings (SSSR count). The molecule has 0 amide bonds. The third kappa shape index (κ3) is 6.11. The average Bonchev–Trinajstić information content (AvgIpc) is 2.71. The van der Waals surface area contributed by atoms with E-state index in [-0.39, 0.29) is 19.6 Å². The monoisotopic (exact) mass is 371 g/mol. The Morgan fingerprint density at radius 2 is 1.67 bits per heavy atom. The molecule has 0 saturated heterocycles. The first-order valence-corrected chi connectivity index (χ1v) is 8.80. The van der Waals surface area contributed by atoms with Gasteiger partial charge >= 0.3 is 11.9 Å². The normalized spacial score (nSPS) is 12.7. The highest BCUT2D eigenvalue weighted by molar-refractivity contribution is 5.79. The maximum absolute atomic E-state index is 12.5. The number of rotatable bonds is 9. The first kappa shape index (κ1) is 20.5. The summed E-state index contributed by atoms with van der Waals surface area (Å²) in [6.07, 6.45) is -0.0121. The summed E-state index contributed by atoms with van der Waals surface area (Å²) >= 11 is 0. The van der Waals surface area contributed by atoms with Crippen molar-refractivity contribution >= 4 is 11.9 Å². The molecular weight excluding hydrogens is 346 g/mol. The van der Waals surface area contributed by atoms with Gasteiger partial charge in [0.05, 0.1) is 20.1 Å². The van der Waals surface area contributed by atoms with Crippen molar-refractivity contribution in [2.75, 3.05) is 13.7 Å². The standard InChI is InChI=1S/C21H25NO5/c1-3-26-19(23)13-18(16-9-11-17(25-2)12-10-16)20(22)21(24)27-14-15-7-5-4-6-8-15/h4-12,18,20H,3,13-14,22H2,1-2H3. The van der Waals surface area contributed by atoms with Gasteiger partial charge in [-0.25, -0.2) is 0 Å². The zero-order valence-electron chi connectivity index (χ0n) is 15.6. The van der Waals surface area contributed by atoms with E-state index in [1.807, 2.05) is 30.3 Å². The Kier molecular flexibility index (Phi) is 7.82. The van der Waals surface area contributed by atoms with E-state index in [2.05, 4.69) is 0 Å². The fraction of sp³-hybridized carbons (Fsp3) is 0.333. The Bertz CT molecular complexity index is 730. The van der Waals surface area contributed by atoms with Crippen LogP contribution in [0.5, 0.6) is 5.75 Å². The van der Waals surface area contributed by atoms with Gasteiger partial charge in [-0.2, -0.15) is 0 Å². The van der Waals surface area contributed by atoms with Gasteiger partial charge in [0, 0.05) is 5.92 Å². The van der Waals surface area contributed by atoms with Crippen LogP contribution in [0.3, 0.4) is 0 Å². The van der Waals surface area contributed by atoms with Crippen LogP contribution in [0.4, 0.5) is 0 Å². The number of carbonyl (C=O) groups is 2. The van der Waals surface area contributed by atoms with Crippen molar-refractivity contribution in [2.45, 2.75) is 31.9 Å². The third-order valence-electron chi connectivity index (χ3n) is 4.17. The highest BCUT2D eigenvalue weighted by Crippen LogP contribution is 2.26. The summed E-state index contributed by atoms with van der Waals surface area (Å²) in [5.74, 6) is -0.860. The van der Waals surface area contributed by atoms with Crippen molar-refractivity contribution in [2.24, 2.45) is 5.73 Å². The van der Waals surface area contributed by atoms with Gasteiger partial charge in [0.25, 0.3) is 0 Å². The molecule has 0 spiro atoms. The molecule has 0 aliphatic carbocycles. The van der Waals surface area contributed by atoms with Crippen LogP contribution in [0, 0.1) is 0 Å². The number of ether oxygens (including phenoxy) is 3. The van der Waals surface area contributed by atoms with Crippen molar-refractivity contribution in [1.82, 2.24) is 0 Å². The first-order valence-electron chi connectivity index (χ1n) is 8.80. The van der Waals surface area contributed by atoms with Crippen molar-refractivity contribution in [1.29, 1.82) is 0 Å². The molecule has 0 aromatic heterocycles. The van der Waals surface area contributed by atoms with Gasteiger partial charge in [-0.3, -0.25) is 9.59 Å². The number of benzene rings is 2. The molecule has 0 bridgehead atoms. The molecule has 6 nitrogen and oxygen atoms in total. The van der Waals surface area contributed by atoms with Crippen molar-refractivity contribution in [3.05, 3.63) is 65.7 Å². The zero-order chi connectivity index (χ0) is 19.6. The highest BCUT2D eigenvalue weighted by Gasteiger charge is 2.30. The molecule has 0 aliphatic heterocycles. The SMILES string of the molecule is CCOC(=O)CC(c1ccc(OC)cc1)C(N)C(=O)OCc1ccccc1. The average molecular weight is 371 g/mol. The van der Waals surface area contributed by atoms with Crippen LogP contribution in [0.2, 0.25) is 0 Å². The van der Waals surface area contributed by atoms with Crippen LogP contribution in [0.25, 0.3) is 0 Å². The van der Waals surface area contributed by atoms with E-state index < -0.39 is 23.9 Å². The summed E-state index contributed by atoms with van der Waals surface area (Å²) in [5.41, 5.74) is 7.77. The van der Waals surface area contributed by atoms with E-state index >= 15 is 0 Å². The number of hydrogen-bond acceptors (Lipinski definition) is 6. The molecular formula is C21H25NO5. The molecule has 2 N–H and O–H groups in total. The van der Waals surface area contributed by atoms with Crippen molar-refractivity contribution in [3.8, 4) is 5.75 Å². The molecule has 0 radical (unpaired) electrons. The lowest BCUT2D eigenvalue weighted by Gasteiger charge is -2.22. The second kappa shape index (κ2) is 10.3. The molecule has 6 heteroatoms. The maximum Gasteiger partial charge on any atom is 0.323 e. The minimum atomic E-state index is -0.994. The number of esters is 2. The summed E-state index contributed by atoms with van der Waals surface area (Å²) in [7, 11) is 1.57. The van der Waals surface area contributed by atoms with Gasteiger partial charge in [-0.05, 0) is 30.2 Å². The minimum absolute atomic E-state index is 0.0121. The molecule has 2 aromatic carbocycles. The predicted octanol–water partition coefficient (Wildman–Crippen LogP) is 2.80. The van der Waals surface area contributed by atoms with E-state index in [1.54, 1.807) is 38.3 Å². The Labute approximate surface area is 159 Å². The summed E-state index contributed by atoms with van der Waals surface area (Å²) in [4.78, 5) is 24.5. The van der Waals surface area contributed by atoms with E-state index in [9.17, 15) is 9.59 Å². The van der Waals surface area contributed by atoms with Crippen LogP contribution < -0.4 is 10.5 Å². The van der Waals surface area contributed by atoms with E-state index in [1.165, 1.54) is 0 Å². The lowest BCUT2D eigenvalue weighted by atomic mass is 9.89. The van der Waals surface area contributed by atoms with Crippen LogP contribution in [-0.4, -0.2) is 31.7 Å². The van der Waals surface area contributed by atoms with E-state index in [4.69, 9.17) is 19.9 Å². The molecule has 2 unspecified atom stereocenters. The first-order chi connectivity index (χ1) is 13.0. The van der Waals surface area contributed by atoms with Crippen LogP contribution >= 0.6 is 0 Å². The maximum atomic E-state index is 12.5. The Balaban J connectivity index is 2.11. The second-order valence-corrected chi connectivity index (χ2v) is 6.01. The van der Waals surface area contributed by atoms with E-state index in [0.29, 0.717) is 5.75 Å². The number of carbonyl (C=O) groups excluding carboxylic acids is 2. The van der Waals surface area contributed by atoms with Crippen molar-refractivity contribution < 1.29 is 23.8 Å². The molecule has 0 aliphatic rings. The van der Waals surface area contributed by atoms with E-state index in [0.717, 1.165) is 11.1 Å². The summed E-state index contributed by atoms with van der Waals surface area (Å²) in [6.45, 7) is 2.12. The van der Waals surface area contributed by atoms with Crippen LogP contribution in [0.15, 0.2) is 54.6 Å².